The van der Waals surface area contributed by atoms with Crippen LogP contribution in [0.2, 0.25) is 0 Å². The van der Waals surface area contributed by atoms with Crippen molar-refractivity contribution in [2.75, 3.05) is 14.1 Å². The molecular weight excluding hydrogens is 174 g/mol. The molecule has 1 atom stereocenters. The molecule has 0 heterocycles. The second-order valence-corrected chi connectivity index (χ2v) is 5.07. The van der Waals surface area contributed by atoms with Crippen molar-refractivity contribution in [3.05, 3.63) is 0 Å². The Hall–Kier alpha value is -0.370. The first-order valence-corrected chi connectivity index (χ1v) is 5.70. The topological polar surface area (TPSA) is 20.3 Å². The summed E-state index contributed by atoms with van der Waals surface area (Å²) in [6, 6.07) is 0.642. The lowest BCUT2D eigenvalue weighted by molar-refractivity contribution is -0.121. The van der Waals surface area contributed by atoms with Gasteiger partial charge in [0.05, 0.1) is 0 Å². The van der Waals surface area contributed by atoms with Gasteiger partial charge in [0, 0.05) is 18.9 Å². The molecule has 0 spiro atoms. The van der Waals surface area contributed by atoms with Crippen molar-refractivity contribution in [2.45, 2.75) is 45.6 Å². The van der Waals surface area contributed by atoms with Crippen molar-refractivity contribution in [1.29, 1.82) is 0 Å². The molecule has 0 N–H and O–H groups in total. The molecule has 2 heteroatoms. The zero-order chi connectivity index (χ0) is 10.7. The number of carbonyl (C=O) groups is 1. The van der Waals surface area contributed by atoms with Crippen LogP contribution in [0, 0.1) is 11.8 Å². The van der Waals surface area contributed by atoms with Crippen LogP contribution in [0.25, 0.3) is 0 Å². The minimum Gasteiger partial charge on any atom is -0.306 e. The predicted molar refractivity (Wildman–Crippen MR) is 59.3 cm³/mol. The highest BCUT2D eigenvalue weighted by molar-refractivity contribution is 5.79. The van der Waals surface area contributed by atoms with Gasteiger partial charge in [-0.15, -0.1) is 0 Å². The minimum atomic E-state index is 0.461. The molecule has 0 aromatic heterocycles. The molecule has 14 heavy (non-hydrogen) atoms. The van der Waals surface area contributed by atoms with Gasteiger partial charge in [0.15, 0.2) is 0 Å². The maximum absolute atomic E-state index is 11.2. The molecule has 1 saturated carbocycles. The SMILES string of the molecule is CC(C)C(C1CCC(=O)CC1)N(C)C. The van der Waals surface area contributed by atoms with Crippen molar-refractivity contribution in [3.63, 3.8) is 0 Å². The lowest BCUT2D eigenvalue weighted by atomic mass is 9.79. The average Bonchev–Trinajstić information content (AvgIpc) is 2.07. The maximum Gasteiger partial charge on any atom is 0.132 e. The molecular formula is C12H23NO. The Labute approximate surface area is 87.7 Å². The summed E-state index contributed by atoms with van der Waals surface area (Å²) in [6.07, 6.45) is 3.81. The Kier molecular flexibility index (Phi) is 4.11. The van der Waals surface area contributed by atoms with Crippen LogP contribution in [0.5, 0.6) is 0 Å². The molecule has 2 nitrogen and oxygen atoms in total. The first-order valence-electron chi connectivity index (χ1n) is 5.70. The number of carbonyl (C=O) groups excluding carboxylic acids is 1. The summed E-state index contributed by atoms with van der Waals surface area (Å²) < 4.78 is 0. The van der Waals surface area contributed by atoms with Gasteiger partial charge in [0.25, 0.3) is 0 Å². The van der Waals surface area contributed by atoms with E-state index in [1.807, 2.05) is 0 Å². The van der Waals surface area contributed by atoms with Crippen molar-refractivity contribution < 1.29 is 4.79 Å². The molecule has 0 saturated heterocycles. The molecule has 0 aromatic carbocycles. The summed E-state index contributed by atoms with van der Waals surface area (Å²) in [5.41, 5.74) is 0. The van der Waals surface area contributed by atoms with Crippen molar-refractivity contribution in [3.8, 4) is 0 Å². The van der Waals surface area contributed by atoms with Gasteiger partial charge in [-0.25, -0.2) is 0 Å². The van der Waals surface area contributed by atoms with Gasteiger partial charge in [0.1, 0.15) is 5.78 Å². The van der Waals surface area contributed by atoms with Crippen LogP contribution in [0.4, 0.5) is 0 Å². The van der Waals surface area contributed by atoms with E-state index in [1.54, 1.807) is 0 Å². The Bertz CT molecular complexity index is 180. The Balaban J connectivity index is 2.56. The zero-order valence-corrected chi connectivity index (χ0v) is 9.92. The van der Waals surface area contributed by atoms with Gasteiger partial charge in [-0.2, -0.15) is 0 Å². The quantitative estimate of drug-likeness (QED) is 0.692. The normalized spacial score (nSPS) is 22.0. The summed E-state index contributed by atoms with van der Waals surface area (Å²) >= 11 is 0. The maximum atomic E-state index is 11.2. The van der Waals surface area contributed by atoms with Crippen molar-refractivity contribution in [1.82, 2.24) is 4.90 Å². The summed E-state index contributed by atoms with van der Waals surface area (Å²) in [6.45, 7) is 4.56. The van der Waals surface area contributed by atoms with E-state index in [2.05, 4.69) is 32.8 Å². The first kappa shape index (κ1) is 11.7. The molecule has 0 amide bonds. The van der Waals surface area contributed by atoms with Crippen molar-refractivity contribution >= 4 is 5.78 Å². The van der Waals surface area contributed by atoms with Crippen LogP contribution in [-0.4, -0.2) is 30.8 Å². The highest BCUT2D eigenvalue weighted by atomic mass is 16.1. The van der Waals surface area contributed by atoms with Crippen molar-refractivity contribution in [2.24, 2.45) is 11.8 Å². The van der Waals surface area contributed by atoms with E-state index in [0.717, 1.165) is 31.6 Å². The summed E-state index contributed by atoms with van der Waals surface area (Å²) in [5.74, 6) is 1.87. The number of hydrogen-bond donors (Lipinski definition) is 0. The molecule has 1 unspecified atom stereocenters. The summed E-state index contributed by atoms with van der Waals surface area (Å²) in [7, 11) is 4.31. The number of Topliss-reactive ketones (excluding diaryl/α,β-unsaturated/α-hetero) is 1. The second-order valence-electron chi connectivity index (χ2n) is 5.07. The van der Waals surface area contributed by atoms with E-state index in [1.165, 1.54) is 0 Å². The smallest absolute Gasteiger partial charge is 0.132 e. The molecule has 0 aliphatic heterocycles. The Morgan fingerprint density at radius 3 is 2.07 bits per heavy atom. The molecule has 0 radical (unpaired) electrons. The van der Waals surface area contributed by atoms with Crippen LogP contribution >= 0.6 is 0 Å². The molecule has 1 fully saturated rings. The lowest BCUT2D eigenvalue weighted by Crippen LogP contribution is -2.41. The van der Waals surface area contributed by atoms with Gasteiger partial charge in [-0.1, -0.05) is 13.8 Å². The van der Waals surface area contributed by atoms with Gasteiger partial charge >= 0.3 is 0 Å². The second kappa shape index (κ2) is 4.92. The molecule has 0 bridgehead atoms. The third-order valence-corrected chi connectivity index (χ3v) is 3.35. The fourth-order valence-corrected chi connectivity index (χ4v) is 2.87. The van der Waals surface area contributed by atoms with E-state index in [4.69, 9.17) is 0 Å². The Morgan fingerprint density at radius 1 is 1.21 bits per heavy atom. The van der Waals surface area contributed by atoms with Crippen LogP contribution in [-0.2, 0) is 4.79 Å². The zero-order valence-electron chi connectivity index (χ0n) is 9.92. The van der Waals surface area contributed by atoms with Gasteiger partial charge in [0.2, 0.25) is 0 Å². The van der Waals surface area contributed by atoms with Crippen LogP contribution in [0.3, 0.4) is 0 Å². The summed E-state index contributed by atoms with van der Waals surface area (Å²) in [5, 5.41) is 0. The van der Waals surface area contributed by atoms with E-state index >= 15 is 0 Å². The number of rotatable bonds is 3. The van der Waals surface area contributed by atoms with E-state index in [-0.39, 0.29) is 0 Å². The molecule has 1 aliphatic carbocycles. The largest absolute Gasteiger partial charge is 0.306 e. The van der Waals surface area contributed by atoms with Crippen LogP contribution in [0.1, 0.15) is 39.5 Å². The number of ketones is 1. The minimum absolute atomic E-state index is 0.461. The van der Waals surface area contributed by atoms with Crippen LogP contribution < -0.4 is 0 Å². The highest BCUT2D eigenvalue weighted by Gasteiger charge is 2.29. The third kappa shape index (κ3) is 2.81. The molecule has 1 rings (SSSR count). The molecule has 0 aromatic rings. The predicted octanol–water partition coefficient (Wildman–Crippen LogP) is 2.33. The van der Waals surface area contributed by atoms with Gasteiger partial charge in [-0.3, -0.25) is 4.79 Å². The fourth-order valence-electron chi connectivity index (χ4n) is 2.87. The third-order valence-electron chi connectivity index (χ3n) is 3.35. The van der Waals surface area contributed by atoms with Gasteiger partial charge in [-0.05, 0) is 38.8 Å². The lowest BCUT2D eigenvalue weighted by Gasteiger charge is -2.37. The fraction of sp³-hybridized carbons (Fsp3) is 0.917. The summed E-state index contributed by atoms with van der Waals surface area (Å²) in [4.78, 5) is 13.5. The monoisotopic (exact) mass is 197 g/mol. The van der Waals surface area contributed by atoms with E-state index in [9.17, 15) is 4.79 Å². The van der Waals surface area contributed by atoms with Gasteiger partial charge < -0.3 is 4.90 Å². The first-order chi connectivity index (χ1) is 6.52. The number of hydrogen-bond acceptors (Lipinski definition) is 2. The molecule has 1 aliphatic rings. The highest BCUT2D eigenvalue weighted by Crippen LogP contribution is 2.30. The van der Waals surface area contributed by atoms with E-state index in [0.29, 0.717) is 17.7 Å². The standard InChI is InChI=1S/C12H23NO/c1-9(2)12(13(3)4)10-5-7-11(14)8-6-10/h9-10,12H,5-8H2,1-4H3. The van der Waals surface area contributed by atoms with Crippen LogP contribution in [0.15, 0.2) is 0 Å². The molecule has 82 valence electrons. The van der Waals surface area contributed by atoms with E-state index < -0.39 is 0 Å². The average molecular weight is 197 g/mol. The Morgan fingerprint density at radius 2 is 1.71 bits per heavy atom. The number of nitrogens with zero attached hydrogens (tertiary/aromatic N) is 1.